The van der Waals surface area contributed by atoms with Crippen molar-refractivity contribution in [2.24, 2.45) is 11.8 Å². The highest BCUT2D eigenvalue weighted by Crippen LogP contribution is 2.33. The lowest BCUT2D eigenvalue weighted by atomic mass is 10.0. The Bertz CT molecular complexity index is 375. The van der Waals surface area contributed by atoms with E-state index in [9.17, 15) is 10.2 Å². The summed E-state index contributed by atoms with van der Waals surface area (Å²) >= 11 is 0. The zero-order valence-corrected chi connectivity index (χ0v) is 10.7. The first-order valence-electron chi connectivity index (χ1n) is 6.24. The second kappa shape index (κ2) is 4.57. The van der Waals surface area contributed by atoms with Crippen LogP contribution in [-0.4, -0.2) is 28.2 Å². The molecular weight excluding hydrogens is 214 g/mol. The topological polar surface area (TPSA) is 43.7 Å². The fourth-order valence-corrected chi connectivity index (χ4v) is 2.56. The van der Waals surface area contributed by atoms with E-state index in [2.05, 4.69) is 25.7 Å². The quantitative estimate of drug-likeness (QED) is 0.828. The van der Waals surface area contributed by atoms with Crippen LogP contribution in [0.3, 0.4) is 0 Å². The Morgan fingerprint density at radius 3 is 2.00 bits per heavy atom. The molecule has 94 valence electrons. The number of benzene rings is 1. The van der Waals surface area contributed by atoms with Gasteiger partial charge >= 0.3 is 0 Å². The molecule has 1 heterocycles. The number of nitrogens with zero attached hydrogens (tertiary/aromatic N) is 1. The molecule has 2 rings (SSSR count). The number of hydrogen-bond acceptors (Lipinski definition) is 3. The van der Waals surface area contributed by atoms with Gasteiger partial charge in [-0.3, -0.25) is 4.90 Å². The van der Waals surface area contributed by atoms with Gasteiger partial charge in [-0.25, -0.2) is 0 Å². The van der Waals surface area contributed by atoms with E-state index in [-0.39, 0.29) is 17.5 Å². The third kappa shape index (κ3) is 2.55. The average molecular weight is 235 g/mol. The van der Waals surface area contributed by atoms with Crippen molar-refractivity contribution in [2.75, 3.05) is 13.1 Å². The first kappa shape index (κ1) is 12.2. The highest BCUT2D eigenvalue weighted by molar-refractivity contribution is 5.38. The molecule has 17 heavy (non-hydrogen) atoms. The van der Waals surface area contributed by atoms with Crippen LogP contribution in [0.5, 0.6) is 11.5 Å². The van der Waals surface area contributed by atoms with E-state index in [0.717, 1.165) is 18.7 Å². The van der Waals surface area contributed by atoms with Crippen molar-refractivity contribution in [1.29, 1.82) is 0 Å². The Hall–Kier alpha value is -1.22. The van der Waals surface area contributed by atoms with E-state index in [0.29, 0.717) is 11.8 Å². The van der Waals surface area contributed by atoms with E-state index < -0.39 is 0 Å². The highest BCUT2D eigenvalue weighted by atomic mass is 16.3. The van der Waals surface area contributed by atoms with Crippen LogP contribution in [0.25, 0.3) is 0 Å². The molecule has 3 unspecified atom stereocenters. The molecule has 0 aliphatic carbocycles. The summed E-state index contributed by atoms with van der Waals surface area (Å²) in [6.07, 6.45) is 0. The number of phenolic OH excluding ortho intramolecular Hbond substituents is 2. The van der Waals surface area contributed by atoms with Crippen molar-refractivity contribution in [2.45, 2.75) is 26.8 Å². The molecule has 1 aromatic carbocycles. The zero-order valence-electron chi connectivity index (χ0n) is 10.7. The molecule has 2 N–H and O–H groups in total. The lowest BCUT2D eigenvalue weighted by Crippen LogP contribution is -2.24. The summed E-state index contributed by atoms with van der Waals surface area (Å²) < 4.78 is 0. The first-order chi connectivity index (χ1) is 7.97. The van der Waals surface area contributed by atoms with Crippen LogP contribution >= 0.6 is 0 Å². The smallest absolute Gasteiger partial charge is 0.119 e. The Kier molecular flexibility index (Phi) is 3.29. The fourth-order valence-electron chi connectivity index (χ4n) is 2.56. The predicted octanol–water partition coefficient (Wildman–Crippen LogP) is 2.75. The molecule has 1 aromatic rings. The van der Waals surface area contributed by atoms with Crippen LogP contribution in [-0.2, 0) is 0 Å². The van der Waals surface area contributed by atoms with Gasteiger partial charge in [0.15, 0.2) is 0 Å². The average Bonchev–Trinajstić information content (AvgIpc) is 2.57. The van der Waals surface area contributed by atoms with Crippen LogP contribution in [0, 0.1) is 11.8 Å². The second-order valence-electron chi connectivity index (χ2n) is 5.37. The summed E-state index contributed by atoms with van der Waals surface area (Å²) in [7, 11) is 0. The molecule has 0 aromatic heterocycles. The maximum Gasteiger partial charge on any atom is 0.119 e. The Morgan fingerprint density at radius 1 is 1.06 bits per heavy atom. The maximum atomic E-state index is 9.51. The van der Waals surface area contributed by atoms with Gasteiger partial charge in [0.05, 0.1) is 0 Å². The minimum atomic E-state index is 0.132. The number of aromatic hydroxyl groups is 2. The lowest BCUT2D eigenvalue weighted by molar-refractivity contribution is 0.250. The van der Waals surface area contributed by atoms with Gasteiger partial charge in [0.2, 0.25) is 0 Å². The van der Waals surface area contributed by atoms with Crippen LogP contribution in [0.1, 0.15) is 32.4 Å². The number of hydrogen-bond donors (Lipinski definition) is 2. The van der Waals surface area contributed by atoms with Gasteiger partial charge < -0.3 is 10.2 Å². The zero-order chi connectivity index (χ0) is 12.6. The van der Waals surface area contributed by atoms with Crippen molar-refractivity contribution in [3.05, 3.63) is 23.8 Å². The van der Waals surface area contributed by atoms with E-state index in [1.54, 1.807) is 12.1 Å². The molecule has 1 fully saturated rings. The van der Waals surface area contributed by atoms with Crippen molar-refractivity contribution < 1.29 is 10.2 Å². The largest absolute Gasteiger partial charge is 0.508 e. The van der Waals surface area contributed by atoms with E-state index >= 15 is 0 Å². The van der Waals surface area contributed by atoms with E-state index in [4.69, 9.17) is 0 Å². The Labute approximate surface area is 103 Å². The predicted molar refractivity (Wildman–Crippen MR) is 68.1 cm³/mol. The van der Waals surface area contributed by atoms with Gasteiger partial charge in [-0.2, -0.15) is 0 Å². The normalized spacial score (nSPS) is 27.2. The SMILES string of the molecule is CC1CN(C(C)c2cc(O)cc(O)c2)CC1C. The monoisotopic (exact) mass is 235 g/mol. The molecule has 0 radical (unpaired) electrons. The minimum Gasteiger partial charge on any atom is -0.508 e. The number of likely N-dealkylation sites (tertiary alicyclic amines) is 1. The molecule has 1 saturated heterocycles. The van der Waals surface area contributed by atoms with Crippen LogP contribution < -0.4 is 0 Å². The molecular formula is C14H21NO2. The van der Waals surface area contributed by atoms with Crippen LogP contribution in [0.2, 0.25) is 0 Å². The Morgan fingerprint density at radius 2 is 1.53 bits per heavy atom. The van der Waals surface area contributed by atoms with Crippen LogP contribution in [0.15, 0.2) is 18.2 Å². The van der Waals surface area contributed by atoms with Crippen molar-refractivity contribution in [3.8, 4) is 11.5 Å². The molecule has 0 bridgehead atoms. The standard InChI is InChI=1S/C14H21NO2/c1-9-7-15(8-10(9)2)11(3)12-4-13(16)6-14(17)5-12/h4-6,9-11,16-17H,7-8H2,1-3H3. The van der Waals surface area contributed by atoms with Gasteiger partial charge in [-0.05, 0) is 36.5 Å². The van der Waals surface area contributed by atoms with Gasteiger partial charge in [0, 0.05) is 25.2 Å². The number of rotatable bonds is 2. The highest BCUT2D eigenvalue weighted by Gasteiger charge is 2.29. The molecule has 3 atom stereocenters. The van der Waals surface area contributed by atoms with Gasteiger partial charge in [-0.1, -0.05) is 13.8 Å². The second-order valence-corrected chi connectivity index (χ2v) is 5.37. The Balaban J connectivity index is 2.17. The van der Waals surface area contributed by atoms with E-state index in [1.807, 2.05) is 0 Å². The molecule has 1 aliphatic heterocycles. The van der Waals surface area contributed by atoms with Crippen molar-refractivity contribution in [3.63, 3.8) is 0 Å². The third-order valence-corrected chi connectivity index (χ3v) is 3.97. The minimum absolute atomic E-state index is 0.132. The molecule has 3 heteroatoms. The fraction of sp³-hybridized carbons (Fsp3) is 0.571. The van der Waals surface area contributed by atoms with Gasteiger partial charge in [-0.15, -0.1) is 0 Å². The van der Waals surface area contributed by atoms with E-state index in [1.165, 1.54) is 6.07 Å². The summed E-state index contributed by atoms with van der Waals surface area (Å²) in [6.45, 7) is 8.84. The summed E-state index contributed by atoms with van der Waals surface area (Å²) in [5, 5.41) is 19.0. The summed E-state index contributed by atoms with van der Waals surface area (Å²) in [5.74, 6) is 1.69. The van der Waals surface area contributed by atoms with Gasteiger partial charge in [0.1, 0.15) is 11.5 Å². The summed E-state index contributed by atoms with van der Waals surface area (Å²) in [6, 6.07) is 5.07. The van der Waals surface area contributed by atoms with Crippen LogP contribution in [0.4, 0.5) is 0 Å². The maximum absolute atomic E-state index is 9.51. The molecule has 1 aliphatic rings. The van der Waals surface area contributed by atoms with Crippen molar-refractivity contribution in [1.82, 2.24) is 4.90 Å². The molecule has 3 nitrogen and oxygen atoms in total. The van der Waals surface area contributed by atoms with Crippen molar-refractivity contribution >= 4 is 0 Å². The molecule has 0 spiro atoms. The van der Waals surface area contributed by atoms with Gasteiger partial charge in [0.25, 0.3) is 0 Å². The first-order valence-corrected chi connectivity index (χ1v) is 6.24. The molecule has 0 amide bonds. The number of phenols is 2. The third-order valence-electron chi connectivity index (χ3n) is 3.97. The summed E-state index contributed by atoms with van der Waals surface area (Å²) in [4.78, 5) is 2.41. The lowest BCUT2D eigenvalue weighted by Gasteiger charge is -2.25. The summed E-state index contributed by atoms with van der Waals surface area (Å²) in [5.41, 5.74) is 0.976. The molecule has 0 saturated carbocycles.